The van der Waals surface area contributed by atoms with E-state index >= 15 is 0 Å². The Bertz CT molecular complexity index is 806. The Hall–Kier alpha value is -3.06. The van der Waals surface area contributed by atoms with Crippen LogP contribution in [0.25, 0.3) is 0 Å². The number of carbonyl (C=O) groups excluding carboxylic acids is 3. The maximum absolute atomic E-state index is 13.0. The third-order valence-corrected chi connectivity index (χ3v) is 5.08. The number of aliphatic hydroxyl groups excluding tert-OH is 2. The fourth-order valence-corrected chi connectivity index (χ4v) is 3.10. The number of aliphatic hydroxyl groups is 2. The van der Waals surface area contributed by atoms with Crippen LogP contribution in [0.2, 0.25) is 0 Å². The van der Waals surface area contributed by atoms with Crippen molar-refractivity contribution in [3.63, 3.8) is 0 Å². The van der Waals surface area contributed by atoms with Gasteiger partial charge in [0.25, 0.3) is 0 Å². The van der Waals surface area contributed by atoms with Gasteiger partial charge in [0, 0.05) is 6.42 Å². The molecule has 0 aromatic heterocycles. The minimum Gasteiger partial charge on any atom is -0.480 e. The number of nitrogens with one attached hydrogen (secondary N) is 3. The number of hydrogen-bond acceptors (Lipinski definition) is 8. The summed E-state index contributed by atoms with van der Waals surface area (Å²) in [6.45, 7) is 0.989. The number of carbonyl (C=O) groups is 4. The van der Waals surface area contributed by atoms with E-state index in [1.807, 2.05) is 0 Å². The van der Waals surface area contributed by atoms with Crippen LogP contribution >= 0.6 is 0 Å². The molecule has 0 saturated heterocycles. The summed E-state index contributed by atoms with van der Waals surface area (Å²) < 4.78 is 0. The molecule has 34 heavy (non-hydrogen) atoms. The molecule has 0 heterocycles. The average molecular weight is 482 g/mol. The Kier molecular flexibility index (Phi) is 12.7. The van der Waals surface area contributed by atoms with Crippen LogP contribution in [0.3, 0.4) is 0 Å². The van der Waals surface area contributed by atoms with Gasteiger partial charge in [-0.2, -0.15) is 0 Å². The van der Waals surface area contributed by atoms with E-state index in [0.29, 0.717) is 24.9 Å². The molecule has 10 N–H and O–H groups in total. The predicted molar refractivity (Wildman–Crippen MR) is 123 cm³/mol. The summed E-state index contributed by atoms with van der Waals surface area (Å²) in [5, 5.41) is 35.3. The second-order valence-corrected chi connectivity index (χ2v) is 7.95. The summed E-state index contributed by atoms with van der Waals surface area (Å²) in [6, 6.07) is 3.67. The number of amides is 3. The zero-order valence-electron chi connectivity index (χ0n) is 19.1. The maximum atomic E-state index is 13.0. The first-order valence-electron chi connectivity index (χ1n) is 11.0. The number of nitrogens with two attached hydrogens (primary N) is 2. The zero-order chi connectivity index (χ0) is 25.7. The smallest absolute Gasteiger partial charge is 0.328 e. The molecule has 0 saturated carbocycles. The molecule has 0 bridgehead atoms. The molecule has 12 heteroatoms. The zero-order valence-corrected chi connectivity index (χ0v) is 19.1. The van der Waals surface area contributed by atoms with Crippen molar-refractivity contribution >= 4 is 23.7 Å². The molecule has 190 valence electrons. The molecule has 3 amide bonds. The van der Waals surface area contributed by atoms with Gasteiger partial charge in [0.1, 0.15) is 18.1 Å². The van der Waals surface area contributed by atoms with Crippen molar-refractivity contribution < 1.29 is 34.5 Å². The van der Waals surface area contributed by atoms with E-state index < -0.39 is 60.6 Å². The molecule has 5 unspecified atom stereocenters. The molecule has 1 rings (SSSR count). The van der Waals surface area contributed by atoms with E-state index in [2.05, 4.69) is 16.0 Å². The minimum absolute atomic E-state index is 0.0319. The topological polar surface area (TPSA) is 217 Å². The van der Waals surface area contributed by atoms with Crippen molar-refractivity contribution in [2.75, 3.05) is 13.2 Å². The number of hydrogen-bond donors (Lipinski definition) is 8. The van der Waals surface area contributed by atoms with E-state index in [9.17, 15) is 29.4 Å². The van der Waals surface area contributed by atoms with Gasteiger partial charge in [-0.3, -0.25) is 14.4 Å². The lowest BCUT2D eigenvalue weighted by molar-refractivity contribution is -0.145. The van der Waals surface area contributed by atoms with Crippen LogP contribution < -0.4 is 27.4 Å². The third-order valence-electron chi connectivity index (χ3n) is 5.08. The highest BCUT2D eigenvalue weighted by atomic mass is 16.4. The van der Waals surface area contributed by atoms with Crippen LogP contribution in [0.1, 0.15) is 31.7 Å². The molecule has 0 spiro atoms. The van der Waals surface area contributed by atoms with Gasteiger partial charge in [-0.25, -0.2) is 4.79 Å². The highest BCUT2D eigenvalue weighted by Crippen LogP contribution is 2.07. The van der Waals surface area contributed by atoms with Gasteiger partial charge in [0.2, 0.25) is 17.7 Å². The van der Waals surface area contributed by atoms with E-state index in [1.54, 1.807) is 30.3 Å². The first kappa shape index (κ1) is 29.0. The largest absolute Gasteiger partial charge is 0.480 e. The summed E-state index contributed by atoms with van der Waals surface area (Å²) in [5.74, 6) is -3.67. The van der Waals surface area contributed by atoms with E-state index in [0.717, 1.165) is 0 Å². The molecular formula is C22H35N5O7. The first-order chi connectivity index (χ1) is 16.1. The van der Waals surface area contributed by atoms with Crippen molar-refractivity contribution in [3.8, 4) is 0 Å². The van der Waals surface area contributed by atoms with E-state index in [1.165, 1.54) is 6.92 Å². The lowest BCUT2D eigenvalue weighted by Crippen LogP contribution is -2.59. The number of carboxylic acid groups (broad SMARTS) is 1. The number of carboxylic acids is 1. The molecule has 0 aliphatic heterocycles. The van der Waals surface area contributed by atoms with Gasteiger partial charge in [0.15, 0.2) is 6.04 Å². The van der Waals surface area contributed by atoms with Crippen LogP contribution in [0.15, 0.2) is 30.3 Å². The van der Waals surface area contributed by atoms with Crippen LogP contribution in [0, 0.1) is 0 Å². The second kappa shape index (κ2) is 15.0. The molecule has 12 nitrogen and oxygen atoms in total. The Morgan fingerprint density at radius 3 is 2.06 bits per heavy atom. The monoisotopic (exact) mass is 481 g/mol. The minimum atomic E-state index is -1.58. The SMILES string of the molecule is CC(O)C(NC(=O)C(Cc1ccccc1)NC(=O)C(CCCCN)NC(=O)C(N)CO)C(=O)O. The highest BCUT2D eigenvalue weighted by molar-refractivity contribution is 5.94. The Balaban J connectivity index is 3.09. The maximum Gasteiger partial charge on any atom is 0.328 e. The number of unbranched alkanes of at least 4 members (excludes halogenated alkanes) is 1. The van der Waals surface area contributed by atoms with Gasteiger partial charge in [0.05, 0.1) is 12.7 Å². The molecule has 5 atom stereocenters. The fourth-order valence-electron chi connectivity index (χ4n) is 3.10. The molecule has 0 aliphatic carbocycles. The summed E-state index contributed by atoms with van der Waals surface area (Å²) in [5.41, 5.74) is 11.7. The van der Waals surface area contributed by atoms with E-state index in [4.69, 9.17) is 16.6 Å². The van der Waals surface area contributed by atoms with Crippen molar-refractivity contribution in [2.45, 2.75) is 62.9 Å². The normalized spacial score (nSPS) is 15.3. The van der Waals surface area contributed by atoms with Gasteiger partial charge < -0.3 is 42.7 Å². The Labute approximate surface area is 198 Å². The summed E-state index contributed by atoms with van der Waals surface area (Å²) in [4.78, 5) is 49.5. The van der Waals surface area contributed by atoms with Gasteiger partial charge >= 0.3 is 5.97 Å². The molecule has 0 radical (unpaired) electrons. The summed E-state index contributed by atoms with van der Waals surface area (Å²) in [7, 11) is 0. The van der Waals surface area contributed by atoms with Crippen LogP contribution in [-0.2, 0) is 25.6 Å². The van der Waals surface area contributed by atoms with Crippen molar-refractivity contribution in [2.24, 2.45) is 11.5 Å². The standard InChI is InChI=1S/C22H35N5O7/c1-13(29)18(22(33)34)27-21(32)17(11-14-7-3-2-4-8-14)26-20(31)16(9-5-6-10-23)25-19(30)15(24)12-28/h2-4,7-8,13,15-18,28-29H,5-6,9-12,23-24H2,1H3,(H,25,30)(H,26,31)(H,27,32)(H,33,34). The number of rotatable bonds is 15. The molecule has 1 aromatic carbocycles. The second-order valence-electron chi connectivity index (χ2n) is 7.95. The molecule has 0 aliphatic rings. The van der Waals surface area contributed by atoms with Crippen LogP contribution in [0.5, 0.6) is 0 Å². The van der Waals surface area contributed by atoms with Gasteiger partial charge in [-0.1, -0.05) is 30.3 Å². The van der Waals surface area contributed by atoms with Gasteiger partial charge in [-0.15, -0.1) is 0 Å². The Morgan fingerprint density at radius 1 is 0.941 bits per heavy atom. The first-order valence-corrected chi connectivity index (χ1v) is 11.0. The average Bonchev–Trinajstić information content (AvgIpc) is 2.80. The van der Waals surface area contributed by atoms with E-state index in [-0.39, 0.29) is 12.8 Å². The molecular weight excluding hydrogens is 446 g/mol. The quantitative estimate of drug-likeness (QED) is 0.125. The third kappa shape index (κ3) is 9.83. The molecule has 1 aromatic rings. The van der Waals surface area contributed by atoms with Crippen molar-refractivity contribution in [1.82, 2.24) is 16.0 Å². The number of aliphatic carboxylic acids is 1. The highest BCUT2D eigenvalue weighted by Gasteiger charge is 2.31. The Morgan fingerprint density at radius 2 is 1.53 bits per heavy atom. The predicted octanol–water partition coefficient (Wildman–Crippen LogP) is -2.40. The number of benzene rings is 1. The van der Waals surface area contributed by atoms with Gasteiger partial charge in [-0.05, 0) is 38.3 Å². The van der Waals surface area contributed by atoms with Crippen LogP contribution in [0.4, 0.5) is 0 Å². The fraction of sp³-hybridized carbons (Fsp3) is 0.545. The molecule has 0 fully saturated rings. The van der Waals surface area contributed by atoms with Crippen molar-refractivity contribution in [3.05, 3.63) is 35.9 Å². The van der Waals surface area contributed by atoms with Crippen molar-refractivity contribution in [1.29, 1.82) is 0 Å². The lowest BCUT2D eigenvalue weighted by Gasteiger charge is -2.26. The summed E-state index contributed by atoms with van der Waals surface area (Å²) in [6.07, 6.45) is -0.0453. The summed E-state index contributed by atoms with van der Waals surface area (Å²) >= 11 is 0. The lowest BCUT2D eigenvalue weighted by atomic mass is 10.0. The van der Waals surface area contributed by atoms with Crippen LogP contribution in [-0.4, -0.2) is 82.4 Å².